The third kappa shape index (κ3) is 4.56. The second kappa shape index (κ2) is 7.79. The molecule has 24 heavy (non-hydrogen) atoms. The molecule has 2 aromatic carbocycles. The number of hydrogen-bond acceptors (Lipinski definition) is 5. The fourth-order valence-electron chi connectivity index (χ4n) is 1.92. The maximum absolute atomic E-state index is 12.1. The number of aryl methyl sites for hydroxylation is 1. The molecule has 0 saturated carbocycles. The zero-order valence-electron chi connectivity index (χ0n) is 12.8. The second-order valence-corrected chi connectivity index (χ2v) is 7.74. The summed E-state index contributed by atoms with van der Waals surface area (Å²) in [4.78, 5) is 12.1. The van der Waals surface area contributed by atoms with Crippen LogP contribution in [-0.2, 0) is 5.75 Å². The Morgan fingerprint density at radius 3 is 2.54 bits per heavy atom. The maximum Gasteiger partial charge on any atom is 0.257 e. The van der Waals surface area contributed by atoms with E-state index in [1.807, 2.05) is 0 Å². The summed E-state index contributed by atoms with van der Waals surface area (Å²) < 4.78 is 0.821. The Morgan fingerprint density at radius 1 is 1.12 bits per heavy atom. The molecule has 0 atom stereocenters. The molecule has 1 aromatic heterocycles. The van der Waals surface area contributed by atoms with Crippen molar-refractivity contribution in [2.45, 2.75) is 17.0 Å². The van der Waals surface area contributed by atoms with Gasteiger partial charge in [-0.25, -0.2) is 0 Å². The Hall–Kier alpha value is -1.89. The van der Waals surface area contributed by atoms with Crippen LogP contribution in [0.3, 0.4) is 0 Å². The molecule has 122 valence electrons. The van der Waals surface area contributed by atoms with Crippen LogP contribution in [0.5, 0.6) is 0 Å². The summed E-state index contributed by atoms with van der Waals surface area (Å²) in [5, 5.41) is 12.0. The first-order chi connectivity index (χ1) is 11.6. The van der Waals surface area contributed by atoms with E-state index >= 15 is 0 Å². The molecule has 0 fully saturated rings. The topological polar surface area (TPSA) is 54.9 Å². The molecule has 0 aliphatic carbocycles. The number of hydrogen-bond donors (Lipinski definition) is 1. The monoisotopic (exact) mass is 375 g/mol. The molecule has 1 amide bonds. The lowest BCUT2D eigenvalue weighted by molar-refractivity contribution is 0.102. The molecule has 3 rings (SSSR count). The van der Waals surface area contributed by atoms with Crippen LogP contribution in [0.15, 0.2) is 52.9 Å². The van der Waals surface area contributed by atoms with Gasteiger partial charge >= 0.3 is 0 Å². The van der Waals surface area contributed by atoms with Crippen LogP contribution >= 0.6 is 34.7 Å². The number of halogens is 1. The van der Waals surface area contributed by atoms with Crippen LogP contribution in [0.25, 0.3) is 0 Å². The number of aromatic nitrogens is 2. The molecule has 7 heteroatoms. The van der Waals surface area contributed by atoms with Crippen LogP contribution in [0, 0.1) is 6.92 Å². The van der Waals surface area contributed by atoms with E-state index in [1.165, 1.54) is 22.5 Å². The summed E-state index contributed by atoms with van der Waals surface area (Å²) in [6, 6.07) is 15.1. The number of carbonyl (C=O) groups excluding carboxylic acids is 1. The number of anilines is 1. The molecule has 1 heterocycles. The first kappa shape index (κ1) is 17.0. The fourth-order valence-corrected chi connectivity index (χ4v) is 3.75. The lowest BCUT2D eigenvalue weighted by Crippen LogP contribution is -2.11. The minimum absolute atomic E-state index is 0.224. The van der Waals surface area contributed by atoms with Crippen molar-refractivity contribution in [1.82, 2.24) is 10.2 Å². The van der Waals surface area contributed by atoms with Crippen LogP contribution < -0.4 is 5.32 Å². The maximum atomic E-state index is 12.1. The number of carbonyl (C=O) groups is 1. The Labute approximate surface area is 153 Å². The number of rotatable bonds is 5. The predicted molar refractivity (Wildman–Crippen MR) is 100 cm³/mol. The van der Waals surface area contributed by atoms with Gasteiger partial charge in [-0.15, -0.1) is 10.2 Å². The third-order valence-electron chi connectivity index (χ3n) is 3.22. The van der Waals surface area contributed by atoms with Crippen LogP contribution in [0.4, 0.5) is 5.13 Å². The van der Waals surface area contributed by atoms with E-state index in [-0.39, 0.29) is 5.91 Å². The fraction of sp³-hybridized carbons (Fsp3) is 0.118. The van der Waals surface area contributed by atoms with E-state index in [0.29, 0.717) is 15.7 Å². The highest BCUT2D eigenvalue weighted by molar-refractivity contribution is 8.00. The number of amides is 1. The molecule has 0 unspecified atom stereocenters. The molecule has 0 aliphatic rings. The van der Waals surface area contributed by atoms with Gasteiger partial charge < -0.3 is 0 Å². The highest BCUT2D eigenvalue weighted by Gasteiger charge is 2.10. The highest BCUT2D eigenvalue weighted by atomic mass is 35.5. The molecule has 0 saturated heterocycles. The lowest BCUT2D eigenvalue weighted by Gasteiger charge is -2.01. The van der Waals surface area contributed by atoms with Crippen molar-refractivity contribution in [1.29, 1.82) is 0 Å². The largest absolute Gasteiger partial charge is 0.296 e. The smallest absolute Gasteiger partial charge is 0.257 e. The summed E-state index contributed by atoms with van der Waals surface area (Å²) in [6.07, 6.45) is 0. The van der Waals surface area contributed by atoms with Crippen LogP contribution in [0.1, 0.15) is 21.5 Å². The van der Waals surface area contributed by atoms with Crippen molar-refractivity contribution in [3.8, 4) is 0 Å². The van der Waals surface area contributed by atoms with Crippen LogP contribution in [0.2, 0.25) is 5.02 Å². The van der Waals surface area contributed by atoms with Crippen molar-refractivity contribution >= 4 is 45.7 Å². The molecular weight excluding hydrogens is 362 g/mol. The van der Waals surface area contributed by atoms with Crippen molar-refractivity contribution in [2.24, 2.45) is 0 Å². The van der Waals surface area contributed by atoms with E-state index in [0.717, 1.165) is 10.1 Å². The summed E-state index contributed by atoms with van der Waals surface area (Å²) in [5.41, 5.74) is 3.00. The van der Waals surface area contributed by atoms with Gasteiger partial charge in [-0.3, -0.25) is 10.1 Å². The van der Waals surface area contributed by atoms with Gasteiger partial charge in [-0.2, -0.15) is 0 Å². The quantitative estimate of drug-likeness (QED) is 0.501. The number of benzene rings is 2. The Morgan fingerprint density at radius 2 is 1.83 bits per heavy atom. The van der Waals surface area contributed by atoms with Crippen molar-refractivity contribution in [3.05, 3.63) is 70.2 Å². The molecular formula is C17H14ClN3OS2. The first-order valence-electron chi connectivity index (χ1n) is 7.19. The van der Waals surface area contributed by atoms with Crippen molar-refractivity contribution < 1.29 is 4.79 Å². The second-order valence-electron chi connectivity index (χ2n) is 5.11. The Bertz CT molecular complexity index is 832. The average molecular weight is 376 g/mol. The standard InChI is InChI=1S/C17H14ClN3OS2/c1-11-2-4-12(5-3-11)10-23-17-21-20-16(24-17)19-15(22)13-6-8-14(18)9-7-13/h2-9H,10H2,1H3,(H,19,20,22). The molecule has 3 aromatic rings. The van der Waals surface area contributed by atoms with E-state index in [2.05, 4.69) is 46.7 Å². The predicted octanol–water partition coefficient (Wildman–Crippen LogP) is 5.04. The minimum atomic E-state index is -0.224. The lowest BCUT2D eigenvalue weighted by atomic mass is 10.2. The molecule has 0 aliphatic heterocycles. The number of nitrogens with zero attached hydrogens (tertiary/aromatic N) is 2. The summed E-state index contributed by atoms with van der Waals surface area (Å²) in [6.45, 7) is 2.07. The first-order valence-corrected chi connectivity index (χ1v) is 9.37. The van der Waals surface area contributed by atoms with Gasteiger partial charge in [0.15, 0.2) is 4.34 Å². The highest BCUT2D eigenvalue weighted by Crippen LogP contribution is 2.28. The van der Waals surface area contributed by atoms with E-state index in [9.17, 15) is 4.79 Å². The van der Waals surface area contributed by atoms with Gasteiger partial charge in [0.1, 0.15) is 0 Å². The van der Waals surface area contributed by atoms with Gasteiger partial charge in [0.25, 0.3) is 5.91 Å². The van der Waals surface area contributed by atoms with Crippen LogP contribution in [-0.4, -0.2) is 16.1 Å². The zero-order chi connectivity index (χ0) is 16.9. The van der Waals surface area contributed by atoms with Gasteiger partial charge in [-0.1, -0.05) is 64.5 Å². The van der Waals surface area contributed by atoms with E-state index < -0.39 is 0 Å². The van der Waals surface area contributed by atoms with E-state index in [1.54, 1.807) is 36.0 Å². The number of thioether (sulfide) groups is 1. The summed E-state index contributed by atoms with van der Waals surface area (Å²) >= 11 is 8.78. The van der Waals surface area contributed by atoms with E-state index in [4.69, 9.17) is 11.6 Å². The minimum Gasteiger partial charge on any atom is -0.296 e. The van der Waals surface area contributed by atoms with Gasteiger partial charge in [0.05, 0.1) is 0 Å². The number of nitrogens with one attached hydrogen (secondary N) is 1. The third-order valence-corrected chi connectivity index (χ3v) is 5.51. The Balaban J connectivity index is 1.58. The van der Waals surface area contributed by atoms with Gasteiger partial charge in [0, 0.05) is 16.3 Å². The molecule has 4 nitrogen and oxygen atoms in total. The molecule has 1 N–H and O–H groups in total. The van der Waals surface area contributed by atoms with Gasteiger partial charge in [0.2, 0.25) is 5.13 Å². The van der Waals surface area contributed by atoms with Crippen molar-refractivity contribution in [2.75, 3.05) is 5.32 Å². The van der Waals surface area contributed by atoms with Crippen molar-refractivity contribution in [3.63, 3.8) is 0 Å². The van der Waals surface area contributed by atoms with Gasteiger partial charge in [-0.05, 0) is 36.8 Å². The SMILES string of the molecule is Cc1ccc(CSc2nnc(NC(=O)c3ccc(Cl)cc3)s2)cc1. The zero-order valence-corrected chi connectivity index (χ0v) is 15.2. The molecule has 0 bridgehead atoms. The normalized spacial score (nSPS) is 10.6. The Kier molecular flexibility index (Phi) is 5.50. The summed E-state index contributed by atoms with van der Waals surface area (Å²) in [5.74, 6) is 0.595. The average Bonchev–Trinajstić information content (AvgIpc) is 3.02. The molecule has 0 spiro atoms. The summed E-state index contributed by atoms with van der Waals surface area (Å²) in [7, 11) is 0. The molecule has 0 radical (unpaired) electrons.